The normalized spacial score (nSPS) is 16.5. The van der Waals surface area contributed by atoms with Crippen LogP contribution in [0.4, 0.5) is 5.13 Å². The fourth-order valence-corrected chi connectivity index (χ4v) is 4.85. The molecule has 0 aliphatic heterocycles. The van der Waals surface area contributed by atoms with Gasteiger partial charge in [0.25, 0.3) is 9.05 Å². The maximum absolute atomic E-state index is 11.8. The van der Waals surface area contributed by atoms with Crippen molar-refractivity contribution >= 4 is 42.1 Å². The lowest BCUT2D eigenvalue weighted by Gasteiger charge is -2.07. The Morgan fingerprint density at radius 1 is 1.45 bits per heavy atom. The van der Waals surface area contributed by atoms with Crippen molar-refractivity contribution in [2.24, 2.45) is 5.92 Å². The van der Waals surface area contributed by atoms with Crippen LogP contribution < -0.4 is 5.32 Å². The number of thiazole rings is 1. The molecule has 0 bridgehead atoms. The van der Waals surface area contributed by atoms with Crippen molar-refractivity contribution in [3.63, 3.8) is 0 Å². The zero-order chi connectivity index (χ0) is 14.8. The number of carbonyl (C=O) groups is 1. The van der Waals surface area contributed by atoms with Gasteiger partial charge in [0.05, 0.1) is 5.69 Å². The molecule has 1 fully saturated rings. The third kappa shape index (κ3) is 4.17. The predicted octanol–water partition coefficient (Wildman–Crippen LogP) is 3.29. The second-order valence-corrected chi connectivity index (χ2v) is 8.83. The van der Waals surface area contributed by atoms with Gasteiger partial charge in [0.15, 0.2) is 9.34 Å². The first-order valence-corrected chi connectivity index (χ1v) is 9.71. The number of hydrogen-bond donors (Lipinski definition) is 1. The summed E-state index contributed by atoms with van der Waals surface area (Å²) in [6.07, 6.45) is 6.27. The SMILES string of the molecule is Cc1nc(NC(=O)CCC2CCCC2)sc1S(=O)(=O)Cl. The topological polar surface area (TPSA) is 76.1 Å². The number of hydrogen-bond acceptors (Lipinski definition) is 5. The Labute approximate surface area is 127 Å². The number of nitrogens with zero attached hydrogens (tertiary/aromatic N) is 1. The molecular formula is C12H17ClN2O3S2. The van der Waals surface area contributed by atoms with Crippen LogP contribution in [0.1, 0.15) is 44.2 Å². The third-order valence-corrected chi connectivity index (χ3v) is 6.73. The number of rotatable bonds is 5. The molecule has 2 rings (SSSR count). The minimum atomic E-state index is -3.80. The highest BCUT2D eigenvalue weighted by molar-refractivity contribution is 8.15. The smallest absolute Gasteiger partial charge is 0.272 e. The number of amides is 1. The standard InChI is InChI=1S/C12H17ClN2O3S2/c1-8-11(20(13,17)18)19-12(14-8)15-10(16)7-6-9-4-2-3-5-9/h9H,2-7H2,1H3,(H,14,15,16). The van der Waals surface area contributed by atoms with Gasteiger partial charge in [0.2, 0.25) is 5.91 Å². The minimum Gasteiger partial charge on any atom is -0.302 e. The van der Waals surface area contributed by atoms with Crippen LogP contribution in [-0.2, 0) is 13.8 Å². The van der Waals surface area contributed by atoms with Crippen molar-refractivity contribution < 1.29 is 13.2 Å². The molecule has 1 heterocycles. The molecule has 0 atom stereocenters. The van der Waals surface area contributed by atoms with E-state index in [1.807, 2.05) is 0 Å². The van der Waals surface area contributed by atoms with Crippen LogP contribution in [0.3, 0.4) is 0 Å². The van der Waals surface area contributed by atoms with Crippen molar-refractivity contribution in [1.29, 1.82) is 0 Å². The van der Waals surface area contributed by atoms with Gasteiger partial charge in [-0.1, -0.05) is 37.0 Å². The lowest BCUT2D eigenvalue weighted by molar-refractivity contribution is -0.116. The van der Waals surface area contributed by atoms with E-state index >= 15 is 0 Å². The van der Waals surface area contributed by atoms with Gasteiger partial charge in [-0.2, -0.15) is 0 Å². The summed E-state index contributed by atoms with van der Waals surface area (Å²) in [5, 5.41) is 2.93. The van der Waals surface area contributed by atoms with Crippen LogP contribution in [-0.4, -0.2) is 19.3 Å². The number of aromatic nitrogens is 1. The lowest BCUT2D eigenvalue weighted by atomic mass is 10.0. The zero-order valence-corrected chi connectivity index (χ0v) is 13.6. The van der Waals surface area contributed by atoms with E-state index in [2.05, 4.69) is 10.3 Å². The molecule has 1 aromatic heterocycles. The molecule has 0 spiro atoms. The molecule has 0 radical (unpaired) electrons. The summed E-state index contributed by atoms with van der Waals surface area (Å²) in [5.41, 5.74) is 0.316. The molecular weight excluding hydrogens is 320 g/mol. The molecule has 20 heavy (non-hydrogen) atoms. The molecule has 0 saturated heterocycles. The Morgan fingerprint density at radius 3 is 2.65 bits per heavy atom. The fraction of sp³-hybridized carbons (Fsp3) is 0.667. The zero-order valence-electron chi connectivity index (χ0n) is 11.2. The molecule has 1 aliphatic carbocycles. The maximum Gasteiger partial charge on any atom is 0.272 e. The minimum absolute atomic E-state index is 0.00902. The van der Waals surface area contributed by atoms with Crippen LogP contribution in [0.15, 0.2) is 4.21 Å². The molecule has 1 aliphatic rings. The summed E-state index contributed by atoms with van der Waals surface area (Å²) >= 11 is 0.890. The van der Waals surface area contributed by atoms with Crippen LogP contribution in [0.25, 0.3) is 0 Å². The monoisotopic (exact) mass is 336 g/mol. The van der Waals surface area contributed by atoms with Crippen LogP contribution >= 0.6 is 22.0 Å². The Morgan fingerprint density at radius 2 is 2.10 bits per heavy atom. The van der Waals surface area contributed by atoms with Gasteiger partial charge in [-0.3, -0.25) is 4.79 Å². The average Bonchev–Trinajstić information content (AvgIpc) is 2.95. The van der Waals surface area contributed by atoms with Crippen LogP contribution in [0.2, 0.25) is 0 Å². The van der Waals surface area contributed by atoms with E-state index in [4.69, 9.17) is 10.7 Å². The van der Waals surface area contributed by atoms with E-state index in [0.29, 0.717) is 18.0 Å². The van der Waals surface area contributed by atoms with Gasteiger partial charge in [0.1, 0.15) is 0 Å². The Bertz CT molecular complexity index is 592. The van der Waals surface area contributed by atoms with Gasteiger partial charge in [0, 0.05) is 17.1 Å². The third-order valence-electron chi connectivity index (χ3n) is 3.48. The molecule has 1 amide bonds. The number of anilines is 1. The summed E-state index contributed by atoms with van der Waals surface area (Å²) < 4.78 is 22.5. The van der Waals surface area contributed by atoms with E-state index in [1.54, 1.807) is 6.92 Å². The summed E-state index contributed by atoms with van der Waals surface area (Å²) in [4.78, 5) is 15.8. The van der Waals surface area contributed by atoms with E-state index in [9.17, 15) is 13.2 Å². The van der Waals surface area contributed by atoms with Gasteiger partial charge >= 0.3 is 0 Å². The molecule has 0 aromatic carbocycles. The number of nitrogens with one attached hydrogen (secondary N) is 1. The predicted molar refractivity (Wildman–Crippen MR) is 79.7 cm³/mol. The second-order valence-electron chi connectivity index (χ2n) is 5.07. The molecule has 1 N–H and O–H groups in total. The van der Waals surface area contributed by atoms with E-state index in [-0.39, 0.29) is 15.2 Å². The molecule has 112 valence electrons. The lowest BCUT2D eigenvalue weighted by Crippen LogP contribution is -2.12. The Balaban J connectivity index is 1.91. The molecule has 8 heteroatoms. The van der Waals surface area contributed by atoms with Crippen LogP contribution in [0.5, 0.6) is 0 Å². The Hall–Kier alpha value is -0.660. The highest BCUT2D eigenvalue weighted by Gasteiger charge is 2.21. The molecule has 0 unspecified atom stereocenters. The number of carbonyl (C=O) groups excluding carboxylic acids is 1. The van der Waals surface area contributed by atoms with Crippen molar-refractivity contribution in [1.82, 2.24) is 4.98 Å². The molecule has 5 nitrogen and oxygen atoms in total. The summed E-state index contributed by atoms with van der Waals surface area (Å²) in [6, 6.07) is 0. The quantitative estimate of drug-likeness (QED) is 0.837. The highest BCUT2D eigenvalue weighted by Crippen LogP contribution is 2.31. The van der Waals surface area contributed by atoms with Crippen molar-refractivity contribution in [3.8, 4) is 0 Å². The van der Waals surface area contributed by atoms with Gasteiger partial charge in [-0.25, -0.2) is 13.4 Å². The summed E-state index contributed by atoms with van der Waals surface area (Å²) in [7, 11) is 1.49. The van der Waals surface area contributed by atoms with E-state index < -0.39 is 9.05 Å². The first-order chi connectivity index (χ1) is 9.36. The second kappa shape index (κ2) is 6.41. The van der Waals surface area contributed by atoms with Crippen molar-refractivity contribution in [2.45, 2.75) is 49.7 Å². The van der Waals surface area contributed by atoms with Gasteiger partial charge in [-0.05, 0) is 19.3 Å². The Kier molecular flexibility index (Phi) is 5.04. The number of halogens is 1. The van der Waals surface area contributed by atoms with Gasteiger partial charge in [-0.15, -0.1) is 0 Å². The maximum atomic E-state index is 11.8. The van der Waals surface area contributed by atoms with Crippen molar-refractivity contribution in [3.05, 3.63) is 5.69 Å². The van der Waals surface area contributed by atoms with Crippen LogP contribution in [0, 0.1) is 12.8 Å². The first kappa shape index (κ1) is 15.7. The largest absolute Gasteiger partial charge is 0.302 e. The van der Waals surface area contributed by atoms with E-state index in [0.717, 1.165) is 17.8 Å². The fourth-order valence-electron chi connectivity index (χ4n) is 2.48. The first-order valence-electron chi connectivity index (χ1n) is 6.58. The average molecular weight is 337 g/mol. The summed E-state index contributed by atoms with van der Waals surface area (Å²) in [5.74, 6) is 0.529. The van der Waals surface area contributed by atoms with Gasteiger partial charge < -0.3 is 5.32 Å². The number of aryl methyl sites for hydroxylation is 1. The highest BCUT2D eigenvalue weighted by atomic mass is 35.7. The molecule has 1 saturated carbocycles. The van der Waals surface area contributed by atoms with Crippen molar-refractivity contribution in [2.75, 3.05) is 5.32 Å². The summed E-state index contributed by atoms with van der Waals surface area (Å²) in [6.45, 7) is 1.56. The van der Waals surface area contributed by atoms with E-state index in [1.165, 1.54) is 25.7 Å². The molecule has 1 aromatic rings.